The molecule has 0 spiro atoms. The molecule has 2 aliphatic carbocycles. The van der Waals surface area contributed by atoms with E-state index in [1.807, 2.05) is 0 Å². The maximum atomic E-state index is 11.1. The molecule has 101 heavy (non-hydrogen) atoms. The van der Waals surface area contributed by atoms with Gasteiger partial charge in [-0.25, -0.2) is 0 Å². The van der Waals surface area contributed by atoms with Gasteiger partial charge in [0.25, 0.3) is 0 Å². The molecule has 0 saturated carbocycles. The van der Waals surface area contributed by atoms with Gasteiger partial charge < -0.3 is 210 Å². The van der Waals surface area contributed by atoms with Crippen LogP contribution in [0, 0.1) is 5.41 Å². The Morgan fingerprint density at radius 3 is 1.13 bits per heavy atom. The average Bonchev–Trinajstić information content (AvgIpc) is 0.778. The molecule has 7 heterocycles. The zero-order valence-corrected chi connectivity index (χ0v) is 55.2. The third kappa shape index (κ3) is 17.6. The molecule has 42 nitrogen and oxygen atoms in total. The number of rotatable bonds is 22. The molecule has 29 N–H and O–H groups in total. The van der Waals surface area contributed by atoms with E-state index >= 15 is 0 Å². The summed E-state index contributed by atoms with van der Waals surface area (Å²) in [6, 6.07) is -4.29. The molecular weight excluding hydrogens is 1380 g/mol. The minimum atomic E-state index is -1.99. The lowest BCUT2D eigenvalue weighted by Gasteiger charge is -2.50. The molecule has 0 aromatic heterocycles. The highest BCUT2D eigenvalue weighted by atomic mass is 16.8. The lowest BCUT2D eigenvalue weighted by Crippen LogP contribution is -2.68. The third-order valence-corrected chi connectivity index (χ3v) is 20.1. The van der Waals surface area contributed by atoms with Crippen molar-refractivity contribution in [2.24, 2.45) is 5.41 Å². The molecule has 9 rings (SSSR count). The van der Waals surface area contributed by atoms with Crippen molar-refractivity contribution in [1.29, 1.82) is 0 Å². The van der Waals surface area contributed by atoms with Crippen molar-refractivity contribution in [2.75, 3.05) is 53.4 Å². The van der Waals surface area contributed by atoms with Gasteiger partial charge in [-0.3, -0.25) is 0 Å². The fourth-order valence-corrected chi connectivity index (χ4v) is 13.6. The van der Waals surface area contributed by atoms with Crippen molar-refractivity contribution in [1.82, 2.24) is 10.6 Å². The number of aliphatic hydroxyl groups excluding tert-OH is 27. The van der Waals surface area contributed by atoms with Gasteiger partial charge in [-0.15, -0.1) is 0 Å². The summed E-state index contributed by atoms with van der Waals surface area (Å²) in [5.41, 5.74) is -1.09. The van der Waals surface area contributed by atoms with Crippen LogP contribution in [-0.4, -0.2) is 449 Å². The average molecular weight is 1480 g/mol. The molecule has 0 bridgehead atoms. The topological polar surface area (TPSA) is 690 Å². The number of hydrogen-bond acceptors (Lipinski definition) is 42. The molecule has 0 amide bonds. The zero-order chi connectivity index (χ0) is 74.9. The predicted molar refractivity (Wildman–Crippen MR) is 321 cm³/mol. The van der Waals surface area contributed by atoms with Gasteiger partial charge in [0.15, 0.2) is 44.0 Å². The van der Waals surface area contributed by atoms with Crippen molar-refractivity contribution in [3.05, 3.63) is 23.3 Å². The van der Waals surface area contributed by atoms with E-state index in [9.17, 15) is 138 Å². The van der Waals surface area contributed by atoms with Crippen LogP contribution in [0.25, 0.3) is 0 Å². The zero-order valence-electron chi connectivity index (χ0n) is 55.2. The summed E-state index contributed by atoms with van der Waals surface area (Å²) in [4.78, 5) is 0. The van der Waals surface area contributed by atoms with Gasteiger partial charge in [-0.1, -0.05) is 26.0 Å². The van der Waals surface area contributed by atoms with Crippen LogP contribution in [0.5, 0.6) is 0 Å². The van der Waals surface area contributed by atoms with Crippen LogP contribution in [0.15, 0.2) is 23.3 Å². The summed E-state index contributed by atoms with van der Waals surface area (Å²) in [7, 11) is 1.29. The Bertz CT molecular complexity index is 2600. The molecule has 42 unspecified atom stereocenters. The van der Waals surface area contributed by atoms with Gasteiger partial charge in [-0.05, 0) is 25.0 Å². The van der Waals surface area contributed by atoms with E-state index in [-0.39, 0.29) is 11.1 Å². The van der Waals surface area contributed by atoms with Crippen molar-refractivity contribution >= 4 is 0 Å². The van der Waals surface area contributed by atoms with Crippen LogP contribution in [-0.2, 0) is 61.6 Å². The minimum Gasteiger partial charge on any atom is -0.394 e. The van der Waals surface area contributed by atoms with Crippen LogP contribution in [0.2, 0.25) is 0 Å². The number of aliphatic hydroxyl groups is 27. The number of hydrogen-bond donors (Lipinski definition) is 29. The molecule has 42 heteroatoms. The first-order valence-electron chi connectivity index (χ1n) is 32.8. The molecule has 7 saturated heterocycles. The molecule has 0 aromatic carbocycles. The fraction of sp³-hybridized carbons (Fsp3) is 0.932. The number of ether oxygens (including phenoxy) is 13. The van der Waals surface area contributed by atoms with E-state index in [4.69, 9.17) is 61.6 Å². The van der Waals surface area contributed by atoms with E-state index in [0.717, 1.165) is 0 Å². The first kappa shape index (κ1) is 84.4. The van der Waals surface area contributed by atoms with E-state index in [0.29, 0.717) is 0 Å². The number of methoxy groups -OCH3 is 1. The Kier molecular flexibility index (Phi) is 30.0. The van der Waals surface area contributed by atoms with Crippen molar-refractivity contribution < 1.29 is 199 Å². The van der Waals surface area contributed by atoms with Gasteiger partial charge in [-0.2, -0.15) is 0 Å². The first-order valence-corrected chi connectivity index (χ1v) is 32.8. The normalized spacial score (nSPS) is 51.3. The Morgan fingerprint density at radius 2 is 0.703 bits per heavy atom. The van der Waals surface area contributed by atoms with Crippen LogP contribution < -0.4 is 10.6 Å². The predicted octanol–water partition coefficient (Wildman–Crippen LogP) is -17.0. The Morgan fingerprint density at radius 1 is 0.347 bits per heavy atom. The van der Waals surface area contributed by atoms with E-state index in [2.05, 4.69) is 10.6 Å². The third-order valence-electron chi connectivity index (χ3n) is 20.1. The van der Waals surface area contributed by atoms with E-state index in [1.165, 1.54) is 26.2 Å². The summed E-state index contributed by atoms with van der Waals surface area (Å²) in [5, 5.41) is 288. The van der Waals surface area contributed by atoms with Crippen LogP contribution in [0.4, 0.5) is 0 Å². The molecule has 7 fully saturated rings. The maximum Gasteiger partial charge on any atom is 0.189 e. The number of nitrogens with one attached hydrogen (secondary N) is 2. The second-order valence-electron chi connectivity index (χ2n) is 27.0. The minimum absolute atomic E-state index is 0.00641. The summed E-state index contributed by atoms with van der Waals surface area (Å²) >= 11 is 0. The van der Waals surface area contributed by atoms with Gasteiger partial charge in [0, 0.05) is 12.5 Å². The molecule has 0 radical (unpaired) electrons. The van der Waals surface area contributed by atoms with Gasteiger partial charge >= 0.3 is 0 Å². The smallest absolute Gasteiger partial charge is 0.189 e. The summed E-state index contributed by atoms with van der Waals surface area (Å²) < 4.78 is 72.1. The second kappa shape index (κ2) is 35.9. The monoisotopic (exact) mass is 1480 g/mol. The van der Waals surface area contributed by atoms with Gasteiger partial charge in [0.1, 0.15) is 165 Å². The largest absolute Gasteiger partial charge is 0.394 e. The molecule has 7 aliphatic heterocycles. The van der Waals surface area contributed by atoms with E-state index in [1.54, 1.807) is 20.8 Å². The molecule has 588 valence electrons. The molecule has 0 aromatic rings. The van der Waals surface area contributed by atoms with Crippen LogP contribution in [0.3, 0.4) is 0 Å². The molecular formula is C59H102N2O40. The van der Waals surface area contributed by atoms with Crippen LogP contribution in [0.1, 0.15) is 27.7 Å². The highest BCUT2D eigenvalue weighted by molar-refractivity contribution is 5.24. The van der Waals surface area contributed by atoms with Crippen molar-refractivity contribution in [3.63, 3.8) is 0 Å². The summed E-state index contributed by atoms with van der Waals surface area (Å²) in [6.07, 6.45) is -58.9. The summed E-state index contributed by atoms with van der Waals surface area (Å²) in [6.45, 7) is 0.884. The van der Waals surface area contributed by atoms with Crippen molar-refractivity contribution in [2.45, 2.75) is 285 Å². The Hall–Kier alpha value is -2.20. The molecule has 42 atom stereocenters. The fourth-order valence-electron chi connectivity index (χ4n) is 13.6. The van der Waals surface area contributed by atoms with Gasteiger partial charge in [0.05, 0.1) is 94.8 Å². The van der Waals surface area contributed by atoms with Crippen LogP contribution >= 0.6 is 0 Å². The second-order valence-corrected chi connectivity index (χ2v) is 27.0. The Labute approximate surface area is 576 Å². The lowest BCUT2D eigenvalue weighted by molar-refractivity contribution is -0.397. The quantitative estimate of drug-likeness (QED) is 0.0448. The SMILES string of the molecule is CC1(C)C(CO)OC(OC2C(CO)OC(OC3C(CO)OC(OC4OC(CO)C(O)C(O)C4O)C(O)C3O)C(O)C2O)C(O)C1O.COC1OC(C)C(NC2C=C(CO)C(OC3OC(CO)C(OC4OC(C)C(NC5C=C(CO)C(O)C(O)C5O)C(O)C4O)C(O)C3O)C(O)C2O)C(O)C1O. The first-order chi connectivity index (χ1) is 47.6. The van der Waals surface area contributed by atoms with E-state index < -0.39 is 309 Å². The lowest BCUT2D eigenvalue weighted by atomic mass is 9.76. The highest BCUT2D eigenvalue weighted by Gasteiger charge is 2.58. The molecule has 9 aliphatic rings. The van der Waals surface area contributed by atoms with Crippen molar-refractivity contribution in [3.8, 4) is 0 Å². The maximum absolute atomic E-state index is 11.1. The van der Waals surface area contributed by atoms with Gasteiger partial charge in [0.2, 0.25) is 0 Å². The highest BCUT2D eigenvalue weighted by Crippen LogP contribution is 2.41. The standard InChI is InChI=1S/C33H56N2O20.C26H46O20/c1-9-16(21(42)26(47)31(50-3)51-9)35-14-5-12(7-37)29(24(45)20(14)41)54-33-28(49)25(46)30(15(8-38)53-33)55-32-27(48)22(43)17(10(2)52-32)34-13-4-11(6-36)18(39)23(44)19(13)40;1-26(2)10(6-30)43-25(18(38)21(26)39)45-20-8(4-28)41-22(16(36)13(20)33)44-19-9(5-29)42-24(17(37)14(19)34)46-23-15(35)12(32)11(31)7(3-27)40-23/h4-5,9-10,13-49H,6-8H2,1-3H3;7-25,27-39H,3-6H2,1-2H3. The Balaban J connectivity index is 0.000000261. The summed E-state index contributed by atoms with van der Waals surface area (Å²) in [5.74, 6) is 0.